The molecule has 3 aromatic rings. The van der Waals surface area contributed by atoms with E-state index in [0.29, 0.717) is 12.3 Å². The van der Waals surface area contributed by atoms with Crippen molar-refractivity contribution >= 4 is 15.7 Å². The number of halogens is 3. The molecule has 1 N–H and O–H groups in total. The van der Waals surface area contributed by atoms with Gasteiger partial charge in [0.2, 0.25) is 5.88 Å². The minimum Gasteiger partial charge on any atom is -0.437 e. The Morgan fingerprint density at radius 2 is 1.80 bits per heavy atom. The van der Waals surface area contributed by atoms with Crippen LogP contribution in [0, 0.1) is 6.92 Å². The van der Waals surface area contributed by atoms with Crippen LogP contribution in [0.2, 0.25) is 0 Å². The van der Waals surface area contributed by atoms with Gasteiger partial charge in [0.25, 0.3) is 5.91 Å². The fourth-order valence-electron chi connectivity index (χ4n) is 3.89. The SMILES string of the molecule is CCOCCc1cncc(Oc2c(C)c(C(=O)NCc3ccc(S(=O)(=O)CC)cn3)nn2C(C)(C)C)c1C(F)(F)F. The largest absolute Gasteiger partial charge is 0.437 e. The van der Waals surface area contributed by atoms with Gasteiger partial charge in [0, 0.05) is 24.6 Å². The van der Waals surface area contributed by atoms with Crippen LogP contribution in [0.4, 0.5) is 13.2 Å². The van der Waals surface area contributed by atoms with Crippen molar-refractivity contribution in [3.05, 3.63) is 58.8 Å². The fraction of sp³-hybridized carbons (Fsp3) is 0.481. The maximum atomic E-state index is 14.2. The van der Waals surface area contributed by atoms with E-state index in [1.54, 1.807) is 27.7 Å². The third-order valence-corrected chi connectivity index (χ3v) is 7.81. The van der Waals surface area contributed by atoms with E-state index in [1.807, 2.05) is 0 Å². The number of sulfone groups is 1. The smallest absolute Gasteiger partial charge is 0.420 e. The molecule has 0 aliphatic rings. The van der Waals surface area contributed by atoms with E-state index in [0.717, 1.165) is 12.4 Å². The second-order valence-corrected chi connectivity index (χ2v) is 12.4. The molecule has 3 rings (SSSR count). The highest BCUT2D eigenvalue weighted by molar-refractivity contribution is 7.91. The summed E-state index contributed by atoms with van der Waals surface area (Å²) in [7, 11) is -3.42. The highest BCUT2D eigenvalue weighted by atomic mass is 32.2. The molecule has 0 atom stereocenters. The minimum absolute atomic E-state index is 0.0164. The first-order valence-electron chi connectivity index (χ1n) is 13.0. The molecule has 0 aliphatic heterocycles. The van der Waals surface area contributed by atoms with Gasteiger partial charge in [-0.25, -0.2) is 13.1 Å². The average molecular weight is 598 g/mol. The first-order chi connectivity index (χ1) is 19.1. The van der Waals surface area contributed by atoms with Gasteiger partial charge in [-0.15, -0.1) is 0 Å². The number of nitrogens with one attached hydrogen (secondary N) is 1. The molecule has 1 amide bonds. The van der Waals surface area contributed by atoms with E-state index in [1.165, 1.54) is 36.9 Å². The van der Waals surface area contributed by atoms with Crippen molar-refractivity contribution in [2.24, 2.45) is 0 Å². The lowest BCUT2D eigenvalue weighted by molar-refractivity contribution is -0.139. The zero-order valence-corrected chi connectivity index (χ0v) is 24.6. The summed E-state index contributed by atoms with van der Waals surface area (Å²) >= 11 is 0. The lowest BCUT2D eigenvalue weighted by Gasteiger charge is -2.23. The number of nitrogens with zero attached hydrogens (tertiary/aromatic N) is 4. The van der Waals surface area contributed by atoms with E-state index in [2.05, 4.69) is 20.4 Å². The molecule has 0 radical (unpaired) electrons. The Morgan fingerprint density at radius 3 is 2.37 bits per heavy atom. The second-order valence-electron chi connectivity index (χ2n) is 10.2. The highest BCUT2D eigenvalue weighted by Crippen LogP contribution is 2.41. The molecule has 3 aromatic heterocycles. The van der Waals surface area contributed by atoms with Gasteiger partial charge in [-0.1, -0.05) is 6.92 Å². The van der Waals surface area contributed by atoms with Crippen LogP contribution in [0.5, 0.6) is 11.6 Å². The lowest BCUT2D eigenvalue weighted by Crippen LogP contribution is -2.27. The van der Waals surface area contributed by atoms with Crippen molar-refractivity contribution in [1.82, 2.24) is 25.1 Å². The van der Waals surface area contributed by atoms with Gasteiger partial charge in [-0.2, -0.15) is 18.3 Å². The van der Waals surface area contributed by atoms with Gasteiger partial charge >= 0.3 is 6.18 Å². The second kappa shape index (κ2) is 12.6. The molecule has 0 saturated heterocycles. The number of hydrogen-bond acceptors (Lipinski definition) is 8. The number of rotatable bonds is 11. The Labute approximate surface area is 237 Å². The number of carbonyl (C=O) groups is 1. The number of aromatic nitrogens is 4. The predicted molar refractivity (Wildman–Crippen MR) is 145 cm³/mol. The number of amides is 1. The van der Waals surface area contributed by atoms with Gasteiger partial charge < -0.3 is 14.8 Å². The van der Waals surface area contributed by atoms with Crippen molar-refractivity contribution in [2.45, 2.75) is 71.1 Å². The van der Waals surface area contributed by atoms with Crippen LogP contribution in [0.3, 0.4) is 0 Å². The van der Waals surface area contributed by atoms with Crippen molar-refractivity contribution in [3.63, 3.8) is 0 Å². The van der Waals surface area contributed by atoms with Gasteiger partial charge in [0.1, 0.15) is 5.56 Å². The first-order valence-corrected chi connectivity index (χ1v) is 14.6. The molecule has 0 saturated carbocycles. The summed E-state index contributed by atoms with van der Waals surface area (Å²) in [5.41, 5.74) is -1.23. The standard InChI is InChI=1S/C27H34F3N5O5S/c1-7-39-12-11-18-13-31-16-21(22(18)27(28,29)30)40-25-17(3)23(34-35(25)26(4,5)6)24(36)33-14-19-9-10-20(15-32-19)41(37,38)8-2/h9-10,13,15-16H,7-8,11-12,14H2,1-6H3,(H,33,36). The molecule has 0 spiro atoms. The molecular weight excluding hydrogens is 563 g/mol. The van der Waals surface area contributed by atoms with Crippen molar-refractivity contribution in [2.75, 3.05) is 19.0 Å². The van der Waals surface area contributed by atoms with Crippen LogP contribution in [-0.2, 0) is 39.3 Å². The third kappa shape index (κ3) is 7.61. The van der Waals surface area contributed by atoms with Gasteiger partial charge in [0.15, 0.2) is 21.3 Å². The molecule has 224 valence electrons. The van der Waals surface area contributed by atoms with E-state index in [-0.39, 0.29) is 52.9 Å². The number of alkyl halides is 3. The third-order valence-electron chi connectivity index (χ3n) is 6.09. The Bertz CT molecular complexity index is 1480. The summed E-state index contributed by atoms with van der Waals surface area (Å²) in [6, 6.07) is 2.90. The monoisotopic (exact) mass is 597 g/mol. The van der Waals surface area contributed by atoms with Gasteiger partial charge in [-0.3, -0.25) is 14.8 Å². The van der Waals surface area contributed by atoms with Crippen molar-refractivity contribution in [1.29, 1.82) is 0 Å². The average Bonchev–Trinajstić information content (AvgIpc) is 3.23. The molecule has 14 heteroatoms. The van der Waals surface area contributed by atoms with Gasteiger partial charge in [-0.05, 0) is 58.7 Å². The zero-order chi connectivity index (χ0) is 30.6. The van der Waals surface area contributed by atoms with Crippen molar-refractivity contribution in [3.8, 4) is 11.6 Å². The number of pyridine rings is 2. The Balaban J connectivity index is 1.93. The molecule has 0 bridgehead atoms. The summed E-state index contributed by atoms with van der Waals surface area (Å²) in [4.78, 5) is 21.2. The normalized spacial score (nSPS) is 12.4. The Hall–Kier alpha value is -3.52. The summed E-state index contributed by atoms with van der Waals surface area (Å²) in [6.07, 6.45) is -1.41. The lowest BCUT2D eigenvalue weighted by atomic mass is 10.1. The summed E-state index contributed by atoms with van der Waals surface area (Å²) in [5, 5.41) is 7.05. The van der Waals surface area contributed by atoms with E-state index in [9.17, 15) is 26.4 Å². The maximum absolute atomic E-state index is 14.2. The Morgan fingerprint density at radius 1 is 1.10 bits per heavy atom. The zero-order valence-electron chi connectivity index (χ0n) is 23.8. The van der Waals surface area contributed by atoms with E-state index >= 15 is 0 Å². The molecule has 41 heavy (non-hydrogen) atoms. The van der Waals surface area contributed by atoms with Crippen LogP contribution < -0.4 is 10.1 Å². The molecule has 0 aromatic carbocycles. The topological polar surface area (TPSA) is 125 Å². The van der Waals surface area contributed by atoms with Gasteiger partial charge in [0.05, 0.1) is 41.2 Å². The molecule has 0 fully saturated rings. The molecular formula is C27H34F3N5O5S. The molecule has 10 nitrogen and oxygen atoms in total. The highest BCUT2D eigenvalue weighted by Gasteiger charge is 2.38. The van der Waals surface area contributed by atoms with E-state index in [4.69, 9.17) is 9.47 Å². The van der Waals surface area contributed by atoms with Crippen LogP contribution in [-0.4, -0.2) is 53.0 Å². The van der Waals surface area contributed by atoms with Crippen LogP contribution >= 0.6 is 0 Å². The predicted octanol–water partition coefficient (Wildman–Crippen LogP) is 4.85. The number of hydrogen-bond donors (Lipinski definition) is 1. The summed E-state index contributed by atoms with van der Waals surface area (Å²) in [5.74, 6) is -1.23. The summed E-state index contributed by atoms with van der Waals surface area (Å²) in [6.45, 7) is 10.5. The van der Waals surface area contributed by atoms with Crippen molar-refractivity contribution < 1.29 is 35.9 Å². The fourth-order valence-corrected chi connectivity index (χ4v) is 4.71. The molecule has 0 unspecified atom stereocenters. The van der Waals surface area contributed by atoms with Crippen LogP contribution in [0.25, 0.3) is 0 Å². The Kier molecular flexibility index (Phi) is 9.80. The number of ether oxygens (including phenoxy) is 2. The minimum atomic E-state index is -4.74. The van der Waals surface area contributed by atoms with Crippen LogP contribution in [0.15, 0.2) is 35.6 Å². The van der Waals surface area contributed by atoms with E-state index < -0.39 is 38.8 Å². The first kappa shape index (κ1) is 32.0. The maximum Gasteiger partial charge on any atom is 0.420 e. The summed E-state index contributed by atoms with van der Waals surface area (Å²) < 4.78 is 79.0. The molecule has 3 heterocycles. The molecule has 0 aliphatic carbocycles. The van der Waals surface area contributed by atoms with Crippen LogP contribution in [0.1, 0.15) is 67.5 Å². The number of carbonyl (C=O) groups excluding carboxylic acids is 1. The quantitative estimate of drug-likeness (QED) is 0.311.